The number of carbonyl (C=O) groups excluding carboxylic acids is 1. The Kier molecular flexibility index (Phi) is 4.16. The first-order valence-electron chi connectivity index (χ1n) is 8.24. The van der Waals surface area contributed by atoms with Crippen molar-refractivity contribution in [1.29, 1.82) is 0 Å². The lowest BCUT2D eigenvalue weighted by molar-refractivity contribution is -0.117. The molecular weight excluding hydrogens is 316 g/mol. The van der Waals surface area contributed by atoms with Crippen LogP contribution < -0.4 is 15.4 Å². The number of carbonyl (C=O) groups is 1. The van der Waals surface area contributed by atoms with Gasteiger partial charge in [0.25, 0.3) is 5.91 Å². The zero-order chi connectivity index (χ0) is 17.1. The van der Waals surface area contributed by atoms with Crippen molar-refractivity contribution < 1.29 is 9.53 Å². The zero-order valence-electron chi connectivity index (χ0n) is 13.6. The topological polar surface area (TPSA) is 75.6 Å². The third kappa shape index (κ3) is 3.38. The van der Waals surface area contributed by atoms with Crippen LogP contribution in [-0.2, 0) is 11.3 Å². The highest BCUT2D eigenvalue weighted by molar-refractivity contribution is 6.12. The summed E-state index contributed by atoms with van der Waals surface area (Å²) >= 11 is 0. The van der Waals surface area contributed by atoms with E-state index in [2.05, 4.69) is 20.6 Å². The summed E-state index contributed by atoms with van der Waals surface area (Å²) in [4.78, 5) is 20.3. The first-order valence-corrected chi connectivity index (χ1v) is 8.24. The fourth-order valence-electron chi connectivity index (χ4n) is 2.80. The number of ether oxygens (including phenoxy) is 1. The summed E-state index contributed by atoms with van der Waals surface area (Å²) in [5, 5.41) is 6.21. The molecular formula is C19H18N4O2. The van der Waals surface area contributed by atoms with Gasteiger partial charge in [0.1, 0.15) is 5.75 Å². The van der Waals surface area contributed by atoms with Gasteiger partial charge in [-0.2, -0.15) is 0 Å². The van der Waals surface area contributed by atoms with E-state index >= 15 is 0 Å². The number of nitrogens with one attached hydrogen (secondary N) is 2. The molecule has 2 N–H and O–H groups in total. The molecule has 25 heavy (non-hydrogen) atoms. The lowest BCUT2D eigenvalue weighted by Gasteiger charge is -2.13. The molecule has 6 heteroatoms. The van der Waals surface area contributed by atoms with E-state index < -0.39 is 0 Å². The predicted molar refractivity (Wildman–Crippen MR) is 95.6 cm³/mol. The number of hydrogen-bond donors (Lipinski definition) is 2. The average Bonchev–Trinajstić information content (AvgIpc) is 3.11. The highest BCUT2D eigenvalue weighted by Crippen LogP contribution is 2.36. The molecule has 1 aromatic carbocycles. The van der Waals surface area contributed by atoms with Crippen molar-refractivity contribution in [3.05, 3.63) is 65.5 Å². The third-order valence-electron chi connectivity index (χ3n) is 4.16. The number of hydrogen-bond acceptors (Lipinski definition) is 5. The maximum Gasteiger partial charge on any atom is 0.252 e. The van der Waals surface area contributed by atoms with Crippen LogP contribution in [0.15, 0.2) is 59.4 Å². The van der Waals surface area contributed by atoms with E-state index in [4.69, 9.17) is 4.74 Å². The first kappa shape index (κ1) is 15.4. The van der Waals surface area contributed by atoms with Gasteiger partial charge in [-0.25, -0.2) is 0 Å². The summed E-state index contributed by atoms with van der Waals surface area (Å²) in [7, 11) is 0. The molecule has 2 aromatic rings. The van der Waals surface area contributed by atoms with Gasteiger partial charge in [-0.05, 0) is 12.0 Å². The third-order valence-corrected chi connectivity index (χ3v) is 4.16. The quantitative estimate of drug-likeness (QED) is 0.901. The zero-order valence-corrected chi connectivity index (χ0v) is 13.6. The maximum absolute atomic E-state index is 12.1. The maximum atomic E-state index is 12.1. The number of aromatic nitrogens is 1. The second-order valence-electron chi connectivity index (χ2n) is 5.92. The molecule has 6 nitrogen and oxygen atoms in total. The molecule has 0 aliphatic carbocycles. The summed E-state index contributed by atoms with van der Waals surface area (Å²) in [5.41, 5.74) is 3.58. The smallest absolute Gasteiger partial charge is 0.252 e. The second kappa shape index (κ2) is 6.76. The van der Waals surface area contributed by atoms with Crippen molar-refractivity contribution in [3.8, 4) is 5.75 Å². The van der Waals surface area contributed by atoms with Crippen LogP contribution in [0.3, 0.4) is 0 Å². The summed E-state index contributed by atoms with van der Waals surface area (Å²) in [5.74, 6) is 0.718. The van der Waals surface area contributed by atoms with Crippen LogP contribution >= 0.6 is 0 Å². The lowest BCUT2D eigenvalue weighted by Crippen LogP contribution is -2.25. The number of anilines is 1. The Balaban J connectivity index is 1.36. The molecule has 4 rings (SSSR count). The van der Waals surface area contributed by atoms with Crippen LogP contribution in [0.4, 0.5) is 5.69 Å². The highest BCUT2D eigenvalue weighted by Gasteiger charge is 2.23. The molecule has 1 atom stereocenters. The number of rotatable bonds is 4. The number of pyridine rings is 1. The van der Waals surface area contributed by atoms with Gasteiger partial charge in [-0.3, -0.25) is 14.8 Å². The molecule has 2 aliphatic heterocycles. The van der Waals surface area contributed by atoms with E-state index in [1.165, 1.54) is 0 Å². The SMILES string of the molecule is O=C(NCc1ccc(C2Nc3cnccc3O2)cc1)C1=CCCN=C1. The van der Waals surface area contributed by atoms with Crippen LogP contribution in [0.2, 0.25) is 0 Å². The number of aliphatic imine (C=N–C) groups is 1. The number of amides is 1. The van der Waals surface area contributed by atoms with E-state index in [-0.39, 0.29) is 12.1 Å². The van der Waals surface area contributed by atoms with Crippen LogP contribution in [0, 0.1) is 0 Å². The molecule has 0 fully saturated rings. The largest absolute Gasteiger partial charge is 0.464 e. The summed E-state index contributed by atoms with van der Waals surface area (Å²) in [6, 6.07) is 9.82. The lowest BCUT2D eigenvalue weighted by atomic mass is 10.1. The van der Waals surface area contributed by atoms with Gasteiger partial charge in [0.2, 0.25) is 0 Å². The Morgan fingerprint density at radius 2 is 2.16 bits per heavy atom. The molecule has 0 spiro atoms. The molecule has 1 aromatic heterocycles. The molecule has 0 saturated carbocycles. The van der Waals surface area contributed by atoms with E-state index in [0.29, 0.717) is 12.1 Å². The molecule has 2 aliphatic rings. The van der Waals surface area contributed by atoms with Crippen molar-refractivity contribution >= 4 is 17.8 Å². The van der Waals surface area contributed by atoms with Gasteiger partial charge in [-0.15, -0.1) is 0 Å². The van der Waals surface area contributed by atoms with Crippen LogP contribution in [-0.4, -0.2) is 23.7 Å². The van der Waals surface area contributed by atoms with Gasteiger partial charge in [-0.1, -0.05) is 30.3 Å². The number of benzene rings is 1. The Hall–Kier alpha value is -3.15. The normalized spacial score (nSPS) is 17.9. The minimum Gasteiger partial charge on any atom is -0.464 e. The fraction of sp³-hybridized carbons (Fsp3) is 0.211. The van der Waals surface area contributed by atoms with Crippen LogP contribution in [0.1, 0.15) is 23.8 Å². The van der Waals surface area contributed by atoms with E-state index in [1.54, 1.807) is 18.6 Å². The molecule has 126 valence electrons. The predicted octanol–water partition coefficient (Wildman–Crippen LogP) is 2.60. The average molecular weight is 334 g/mol. The molecule has 3 heterocycles. The minimum atomic E-state index is -0.216. The van der Waals surface area contributed by atoms with Crippen molar-refractivity contribution in [2.45, 2.75) is 19.2 Å². The molecule has 0 saturated heterocycles. The number of nitrogens with zero attached hydrogens (tertiary/aromatic N) is 2. The van der Waals surface area contributed by atoms with Gasteiger partial charge in [0, 0.05) is 37.1 Å². The Morgan fingerprint density at radius 1 is 1.28 bits per heavy atom. The molecule has 1 unspecified atom stereocenters. The highest BCUT2D eigenvalue weighted by atomic mass is 16.5. The molecule has 1 amide bonds. The first-order chi connectivity index (χ1) is 12.3. The van der Waals surface area contributed by atoms with Crippen molar-refractivity contribution in [1.82, 2.24) is 10.3 Å². The fourth-order valence-corrected chi connectivity index (χ4v) is 2.80. The summed E-state index contributed by atoms with van der Waals surface area (Å²) in [6.07, 6.45) is 7.62. The molecule has 0 bridgehead atoms. The number of dihydropyridines is 1. The van der Waals surface area contributed by atoms with E-state index in [0.717, 1.165) is 35.5 Å². The minimum absolute atomic E-state index is 0.0868. The van der Waals surface area contributed by atoms with Crippen LogP contribution in [0.25, 0.3) is 0 Å². The Morgan fingerprint density at radius 3 is 2.92 bits per heavy atom. The summed E-state index contributed by atoms with van der Waals surface area (Å²) < 4.78 is 5.87. The van der Waals surface area contributed by atoms with Gasteiger partial charge in [0.05, 0.1) is 17.5 Å². The van der Waals surface area contributed by atoms with E-state index in [9.17, 15) is 4.79 Å². The molecule has 0 radical (unpaired) electrons. The van der Waals surface area contributed by atoms with Gasteiger partial charge < -0.3 is 15.4 Å². The van der Waals surface area contributed by atoms with E-state index in [1.807, 2.05) is 36.4 Å². The second-order valence-corrected chi connectivity index (χ2v) is 5.92. The monoisotopic (exact) mass is 334 g/mol. The Labute approximate surface area is 145 Å². The van der Waals surface area contributed by atoms with Crippen molar-refractivity contribution in [2.24, 2.45) is 4.99 Å². The number of fused-ring (bicyclic) bond motifs is 1. The van der Waals surface area contributed by atoms with Gasteiger partial charge in [0.15, 0.2) is 6.23 Å². The van der Waals surface area contributed by atoms with Gasteiger partial charge >= 0.3 is 0 Å². The van der Waals surface area contributed by atoms with Crippen molar-refractivity contribution in [3.63, 3.8) is 0 Å². The van der Waals surface area contributed by atoms with Crippen molar-refractivity contribution in [2.75, 3.05) is 11.9 Å². The summed E-state index contributed by atoms with van der Waals surface area (Å²) in [6.45, 7) is 1.24. The van der Waals surface area contributed by atoms with Crippen LogP contribution in [0.5, 0.6) is 5.75 Å². The Bertz CT molecular complexity index is 818. The standard InChI is InChI=1S/C19H18N4O2/c24-18(15-2-1-8-20-11-15)22-10-13-3-5-14(6-4-13)19-23-16-12-21-9-7-17(16)25-19/h2-7,9,11-12,19,23H,1,8,10H2,(H,22,24).